The van der Waals surface area contributed by atoms with Gasteiger partial charge in [0.05, 0.1) is 21.8 Å². The highest BCUT2D eigenvalue weighted by molar-refractivity contribution is 6.40. The smallest absolute Gasteiger partial charge is 0.253 e. The van der Waals surface area contributed by atoms with E-state index in [1.54, 1.807) is 6.92 Å². The Kier molecular flexibility index (Phi) is 5.26. The van der Waals surface area contributed by atoms with Crippen LogP contribution in [0.3, 0.4) is 0 Å². The molecule has 0 aliphatic rings. The van der Waals surface area contributed by atoms with E-state index in [9.17, 15) is 4.79 Å². The van der Waals surface area contributed by atoms with Gasteiger partial charge in [0, 0.05) is 5.69 Å². The van der Waals surface area contributed by atoms with Crippen molar-refractivity contribution >= 4 is 40.5 Å². The summed E-state index contributed by atoms with van der Waals surface area (Å²) in [5.74, 6) is -0.308. The molecule has 4 nitrogen and oxygen atoms in total. The molecule has 0 radical (unpaired) electrons. The van der Waals surface area contributed by atoms with E-state index in [-0.39, 0.29) is 12.0 Å². The number of halogens is 2. The fourth-order valence-electron chi connectivity index (χ4n) is 1.41. The lowest BCUT2D eigenvalue weighted by molar-refractivity contribution is -0.128. The van der Waals surface area contributed by atoms with Gasteiger partial charge in [0.1, 0.15) is 6.10 Å². The summed E-state index contributed by atoms with van der Waals surface area (Å²) in [5, 5.41) is 3.22. The normalized spacial score (nSPS) is 12.6. The second-order valence-corrected chi connectivity index (χ2v) is 4.99. The fraction of sp³-hybridized carbons (Fsp3) is 0.417. The molecular weight excluding hydrogens is 275 g/mol. The van der Waals surface area contributed by atoms with Gasteiger partial charge in [-0.1, -0.05) is 23.2 Å². The lowest BCUT2D eigenvalue weighted by atomic mass is 10.2. The van der Waals surface area contributed by atoms with Crippen LogP contribution in [-0.2, 0) is 9.53 Å². The number of amides is 1. The zero-order chi connectivity index (χ0) is 13.9. The van der Waals surface area contributed by atoms with Crippen LogP contribution < -0.4 is 11.1 Å². The van der Waals surface area contributed by atoms with Crippen molar-refractivity contribution in [3.63, 3.8) is 0 Å². The van der Waals surface area contributed by atoms with Gasteiger partial charge in [0.2, 0.25) is 0 Å². The number of anilines is 2. The van der Waals surface area contributed by atoms with Gasteiger partial charge in [-0.2, -0.15) is 0 Å². The molecular formula is C12H16Cl2N2O2. The molecule has 1 amide bonds. The molecule has 0 saturated carbocycles. The van der Waals surface area contributed by atoms with Crippen LogP contribution in [0.4, 0.5) is 11.4 Å². The summed E-state index contributed by atoms with van der Waals surface area (Å²) in [5.41, 5.74) is 6.36. The number of carbonyl (C=O) groups is 1. The first-order chi connectivity index (χ1) is 8.31. The van der Waals surface area contributed by atoms with E-state index in [4.69, 9.17) is 33.7 Å². The third kappa shape index (κ3) is 4.05. The number of carbonyl (C=O) groups excluding carboxylic acids is 1. The molecule has 0 aliphatic carbocycles. The summed E-state index contributed by atoms with van der Waals surface area (Å²) in [4.78, 5) is 11.9. The van der Waals surface area contributed by atoms with E-state index in [0.29, 0.717) is 21.4 Å². The quantitative estimate of drug-likeness (QED) is 0.836. The minimum absolute atomic E-state index is 0.0388. The van der Waals surface area contributed by atoms with Crippen molar-refractivity contribution in [2.45, 2.75) is 33.0 Å². The summed E-state index contributed by atoms with van der Waals surface area (Å²) >= 11 is 11.9. The van der Waals surface area contributed by atoms with E-state index in [1.807, 2.05) is 13.8 Å². The first kappa shape index (κ1) is 15.1. The predicted octanol–water partition coefficient (Wildman–Crippen LogP) is 3.33. The average molecular weight is 291 g/mol. The third-order valence-corrected chi connectivity index (χ3v) is 2.75. The van der Waals surface area contributed by atoms with Gasteiger partial charge < -0.3 is 15.8 Å². The number of ether oxygens (including phenoxy) is 1. The topological polar surface area (TPSA) is 64.3 Å². The van der Waals surface area contributed by atoms with Crippen LogP contribution in [0.5, 0.6) is 0 Å². The minimum Gasteiger partial charge on any atom is -0.399 e. The molecule has 1 aromatic carbocycles. The molecule has 0 saturated heterocycles. The van der Waals surface area contributed by atoms with Crippen LogP contribution >= 0.6 is 23.2 Å². The average Bonchev–Trinajstić information content (AvgIpc) is 2.21. The van der Waals surface area contributed by atoms with Crippen LogP contribution in [0.25, 0.3) is 0 Å². The summed E-state index contributed by atoms with van der Waals surface area (Å²) in [7, 11) is 0. The van der Waals surface area contributed by atoms with Crippen molar-refractivity contribution < 1.29 is 9.53 Å². The first-order valence-electron chi connectivity index (χ1n) is 5.52. The van der Waals surface area contributed by atoms with Crippen molar-refractivity contribution in [1.82, 2.24) is 0 Å². The van der Waals surface area contributed by atoms with Crippen molar-refractivity contribution in [1.29, 1.82) is 0 Å². The molecule has 0 aliphatic heterocycles. The number of nitrogens with two attached hydrogens (primary N) is 1. The molecule has 1 rings (SSSR count). The maximum absolute atomic E-state index is 11.9. The monoisotopic (exact) mass is 290 g/mol. The fourth-order valence-corrected chi connectivity index (χ4v) is 2.01. The summed E-state index contributed by atoms with van der Waals surface area (Å²) < 4.78 is 5.36. The molecule has 100 valence electrons. The lowest BCUT2D eigenvalue weighted by Gasteiger charge is -2.17. The molecule has 18 heavy (non-hydrogen) atoms. The standard InChI is InChI=1S/C12H16Cl2N2O2/c1-6(2)18-7(3)12(17)16-11-9(13)4-8(15)5-10(11)14/h4-7H,15H2,1-3H3,(H,16,17). The van der Waals surface area contributed by atoms with Crippen molar-refractivity contribution in [3.8, 4) is 0 Å². The van der Waals surface area contributed by atoms with Crippen LogP contribution in [-0.4, -0.2) is 18.1 Å². The van der Waals surface area contributed by atoms with E-state index in [1.165, 1.54) is 12.1 Å². The molecule has 0 heterocycles. The Morgan fingerprint density at radius 2 is 1.78 bits per heavy atom. The molecule has 6 heteroatoms. The van der Waals surface area contributed by atoms with Gasteiger partial charge in [0.25, 0.3) is 5.91 Å². The van der Waals surface area contributed by atoms with Crippen LogP contribution in [0.1, 0.15) is 20.8 Å². The first-order valence-corrected chi connectivity index (χ1v) is 6.27. The Bertz CT molecular complexity index is 427. The Morgan fingerprint density at radius 1 is 1.28 bits per heavy atom. The predicted molar refractivity (Wildman–Crippen MR) is 75.2 cm³/mol. The number of hydrogen-bond acceptors (Lipinski definition) is 3. The van der Waals surface area contributed by atoms with Gasteiger partial charge in [0.15, 0.2) is 0 Å². The minimum atomic E-state index is -0.588. The highest BCUT2D eigenvalue weighted by atomic mass is 35.5. The van der Waals surface area contributed by atoms with Gasteiger partial charge in [-0.05, 0) is 32.9 Å². The molecule has 0 spiro atoms. The summed E-state index contributed by atoms with van der Waals surface area (Å²) in [6.45, 7) is 5.37. The van der Waals surface area contributed by atoms with Crippen molar-refractivity contribution in [2.24, 2.45) is 0 Å². The summed E-state index contributed by atoms with van der Waals surface area (Å²) in [6, 6.07) is 3.05. The molecule has 0 bridgehead atoms. The number of nitrogen functional groups attached to an aromatic ring is 1. The SMILES string of the molecule is CC(C)OC(C)C(=O)Nc1c(Cl)cc(N)cc1Cl. The molecule has 1 atom stereocenters. The van der Waals surface area contributed by atoms with Gasteiger partial charge >= 0.3 is 0 Å². The van der Waals surface area contributed by atoms with E-state index < -0.39 is 6.10 Å². The largest absolute Gasteiger partial charge is 0.399 e. The lowest BCUT2D eigenvalue weighted by Crippen LogP contribution is -2.30. The molecule has 0 fully saturated rings. The molecule has 3 N–H and O–H groups in total. The Morgan fingerprint density at radius 3 is 2.22 bits per heavy atom. The molecule has 0 aromatic heterocycles. The van der Waals surface area contributed by atoms with Crippen molar-refractivity contribution in [2.75, 3.05) is 11.1 Å². The Labute approximate surface area is 116 Å². The van der Waals surface area contributed by atoms with Gasteiger partial charge in [-0.15, -0.1) is 0 Å². The summed E-state index contributed by atoms with van der Waals surface area (Å²) in [6.07, 6.45) is -0.627. The number of hydrogen-bond donors (Lipinski definition) is 2. The molecule has 1 unspecified atom stereocenters. The van der Waals surface area contributed by atoms with Gasteiger partial charge in [-0.25, -0.2) is 0 Å². The maximum atomic E-state index is 11.9. The Balaban J connectivity index is 2.82. The third-order valence-electron chi connectivity index (χ3n) is 2.16. The van der Waals surface area contributed by atoms with Crippen molar-refractivity contribution in [3.05, 3.63) is 22.2 Å². The van der Waals surface area contributed by atoms with E-state index in [0.717, 1.165) is 0 Å². The molecule has 1 aromatic rings. The number of benzene rings is 1. The van der Waals surface area contributed by atoms with Crippen LogP contribution in [0, 0.1) is 0 Å². The van der Waals surface area contributed by atoms with E-state index >= 15 is 0 Å². The Hall–Kier alpha value is -0.970. The zero-order valence-corrected chi connectivity index (χ0v) is 12.0. The van der Waals surface area contributed by atoms with E-state index in [2.05, 4.69) is 5.32 Å². The number of nitrogens with one attached hydrogen (secondary N) is 1. The van der Waals surface area contributed by atoms with Gasteiger partial charge in [-0.3, -0.25) is 4.79 Å². The highest BCUT2D eigenvalue weighted by Crippen LogP contribution is 2.32. The second-order valence-electron chi connectivity index (χ2n) is 4.18. The second kappa shape index (κ2) is 6.27. The number of rotatable bonds is 4. The zero-order valence-electron chi connectivity index (χ0n) is 10.5. The maximum Gasteiger partial charge on any atom is 0.253 e. The van der Waals surface area contributed by atoms with Crippen LogP contribution in [0.2, 0.25) is 10.0 Å². The highest BCUT2D eigenvalue weighted by Gasteiger charge is 2.18. The van der Waals surface area contributed by atoms with Crippen LogP contribution in [0.15, 0.2) is 12.1 Å².